The molecule has 160 valence electrons. The number of rotatable bonds is 6. The number of carbonyl (C=O) groups is 2. The highest BCUT2D eigenvalue weighted by Crippen LogP contribution is 2.44. The van der Waals surface area contributed by atoms with Crippen LogP contribution in [-0.4, -0.2) is 39.4 Å². The molecule has 2 aromatic carbocycles. The summed E-state index contributed by atoms with van der Waals surface area (Å²) in [6, 6.07) is 20.5. The molecule has 5 rings (SSSR count). The zero-order chi connectivity index (χ0) is 22.1. The van der Waals surface area contributed by atoms with Gasteiger partial charge < -0.3 is 15.2 Å². The summed E-state index contributed by atoms with van der Waals surface area (Å²) >= 11 is 0. The second kappa shape index (κ2) is 8.19. The summed E-state index contributed by atoms with van der Waals surface area (Å²) in [6.45, 7) is 0.128. The molecule has 1 atom stereocenters. The van der Waals surface area contributed by atoms with Gasteiger partial charge in [0.05, 0.1) is 11.7 Å². The third-order valence-electron chi connectivity index (χ3n) is 5.86. The average molecular weight is 427 g/mol. The second-order valence-corrected chi connectivity index (χ2v) is 7.77. The fourth-order valence-electron chi connectivity index (χ4n) is 4.35. The Morgan fingerprint density at radius 3 is 2.34 bits per heavy atom. The van der Waals surface area contributed by atoms with Gasteiger partial charge in [-0.2, -0.15) is 5.10 Å². The van der Waals surface area contributed by atoms with Crippen LogP contribution in [0.5, 0.6) is 0 Å². The van der Waals surface area contributed by atoms with Gasteiger partial charge in [0.15, 0.2) is 0 Å². The predicted octanol–water partition coefficient (Wildman–Crippen LogP) is 3.87. The van der Waals surface area contributed by atoms with E-state index in [0.29, 0.717) is 0 Å². The first-order chi connectivity index (χ1) is 15.6. The minimum absolute atomic E-state index is 0.0870. The number of fused-ring (bicyclic) bond motifs is 4. The fraction of sp³-hybridized carbons (Fsp3) is 0.160. The number of hydrogen-bond acceptors (Lipinski definition) is 4. The second-order valence-electron chi connectivity index (χ2n) is 7.77. The molecule has 2 heterocycles. The minimum Gasteiger partial charge on any atom is -0.480 e. The number of nitrogens with one attached hydrogen (secondary N) is 1. The number of ether oxygens (including phenoxy) is 1. The molecule has 7 heteroatoms. The van der Waals surface area contributed by atoms with Crippen LogP contribution in [-0.2, 0) is 16.0 Å². The van der Waals surface area contributed by atoms with Crippen LogP contribution in [0.2, 0.25) is 0 Å². The molecule has 1 amide bonds. The number of aliphatic carboxylic acids is 1. The Hall–Kier alpha value is -4.13. The van der Waals surface area contributed by atoms with Crippen molar-refractivity contribution in [3.05, 3.63) is 95.8 Å². The standard InChI is InChI=1S/C25H21N3O4/c29-24(30)22(13-16-14-26-28-12-6-5-11-23(16)28)27-25(31)32-15-21-19-9-3-1-7-17(19)18-8-2-4-10-20(18)21/h1-12,14,21-22H,13,15H2,(H,27,31)(H,29,30)/t22-/m0/s1. The third kappa shape index (κ3) is 3.58. The van der Waals surface area contributed by atoms with Crippen molar-refractivity contribution in [3.8, 4) is 11.1 Å². The largest absolute Gasteiger partial charge is 0.480 e. The van der Waals surface area contributed by atoms with Crippen LogP contribution < -0.4 is 5.32 Å². The molecule has 0 saturated carbocycles. The average Bonchev–Trinajstić information content (AvgIpc) is 3.36. The van der Waals surface area contributed by atoms with Gasteiger partial charge in [-0.05, 0) is 34.4 Å². The van der Waals surface area contributed by atoms with E-state index in [1.807, 2.05) is 54.6 Å². The maximum Gasteiger partial charge on any atom is 0.407 e. The number of benzene rings is 2. The summed E-state index contributed by atoms with van der Waals surface area (Å²) in [4.78, 5) is 24.3. The highest BCUT2D eigenvalue weighted by Gasteiger charge is 2.30. The molecule has 0 bridgehead atoms. The smallest absolute Gasteiger partial charge is 0.407 e. The lowest BCUT2D eigenvalue weighted by molar-refractivity contribution is -0.139. The quantitative estimate of drug-likeness (QED) is 0.487. The summed E-state index contributed by atoms with van der Waals surface area (Å²) in [5.74, 6) is -1.22. The van der Waals surface area contributed by atoms with Gasteiger partial charge in [0.2, 0.25) is 0 Å². The third-order valence-corrected chi connectivity index (χ3v) is 5.86. The summed E-state index contributed by atoms with van der Waals surface area (Å²) in [6.07, 6.45) is 2.75. The van der Waals surface area contributed by atoms with Gasteiger partial charge in [-0.25, -0.2) is 14.1 Å². The van der Waals surface area contributed by atoms with Crippen LogP contribution in [0.4, 0.5) is 4.79 Å². The first-order valence-electron chi connectivity index (χ1n) is 10.4. The van der Waals surface area contributed by atoms with E-state index in [2.05, 4.69) is 22.5 Å². The molecule has 4 aromatic rings. The van der Waals surface area contributed by atoms with Crippen molar-refractivity contribution in [2.24, 2.45) is 0 Å². The number of nitrogens with zero attached hydrogens (tertiary/aromatic N) is 2. The fourth-order valence-corrected chi connectivity index (χ4v) is 4.35. The van der Waals surface area contributed by atoms with Gasteiger partial charge >= 0.3 is 12.1 Å². The van der Waals surface area contributed by atoms with Gasteiger partial charge in [0.1, 0.15) is 12.6 Å². The number of pyridine rings is 1. The van der Waals surface area contributed by atoms with E-state index in [9.17, 15) is 14.7 Å². The van der Waals surface area contributed by atoms with Gasteiger partial charge in [-0.1, -0.05) is 54.6 Å². The van der Waals surface area contributed by atoms with Crippen LogP contribution in [0.3, 0.4) is 0 Å². The monoisotopic (exact) mass is 427 g/mol. The summed E-state index contributed by atoms with van der Waals surface area (Å²) in [5, 5.41) is 16.4. The van der Waals surface area contributed by atoms with Crippen LogP contribution >= 0.6 is 0 Å². The number of aromatic nitrogens is 2. The van der Waals surface area contributed by atoms with Crippen LogP contribution in [0.15, 0.2) is 79.1 Å². The van der Waals surface area contributed by atoms with Crippen molar-refractivity contribution in [2.45, 2.75) is 18.4 Å². The van der Waals surface area contributed by atoms with Crippen molar-refractivity contribution >= 4 is 17.6 Å². The van der Waals surface area contributed by atoms with Crippen LogP contribution in [0.25, 0.3) is 16.6 Å². The normalized spacial score (nSPS) is 13.4. The molecule has 2 aromatic heterocycles. The Kier molecular flexibility index (Phi) is 5.07. The van der Waals surface area contributed by atoms with E-state index in [1.165, 1.54) is 0 Å². The first kappa shape index (κ1) is 19.8. The first-order valence-corrected chi connectivity index (χ1v) is 10.4. The molecule has 2 N–H and O–H groups in total. The van der Waals surface area contributed by atoms with Crippen molar-refractivity contribution < 1.29 is 19.4 Å². The Labute approximate surface area is 184 Å². The van der Waals surface area contributed by atoms with Gasteiger partial charge in [0, 0.05) is 24.1 Å². The molecule has 0 spiro atoms. The number of alkyl carbamates (subject to hydrolysis) is 1. The number of amides is 1. The maximum absolute atomic E-state index is 12.5. The van der Waals surface area contributed by atoms with E-state index in [-0.39, 0.29) is 18.9 Å². The molecule has 0 aliphatic heterocycles. The SMILES string of the molecule is O=C(N[C@@H](Cc1cnn2ccccc12)C(=O)O)OCC1c2ccccc2-c2ccccc21. The molecule has 1 aliphatic rings. The molecule has 0 unspecified atom stereocenters. The van der Waals surface area contributed by atoms with E-state index in [0.717, 1.165) is 33.3 Å². The maximum atomic E-state index is 12.5. The number of carboxylic acids is 1. The predicted molar refractivity (Wildman–Crippen MR) is 119 cm³/mol. The highest BCUT2D eigenvalue weighted by atomic mass is 16.5. The molecule has 32 heavy (non-hydrogen) atoms. The van der Waals surface area contributed by atoms with Crippen molar-refractivity contribution in [1.82, 2.24) is 14.9 Å². The zero-order valence-electron chi connectivity index (χ0n) is 17.1. The lowest BCUT2D eigenvalue weighted by Crippen LogP contribution is -2.42. The molecule has 0 fully saturated rings. The number of hydrogen-bond donors (Lipinski definition) is 2. The van der Waals surface area contributed by atoms with E-state index >= 15 is 0 Å². The topological polar surface area (TPSA) is 92.9 Å². The van der Waals surface area contributed by atoms with Gasteiger partial charge in [0.25, 0.3) is 0 Å². The number of carboxylic acid groups (broad SMARTS) is 1. The van der Waals surface area contributed by atoms with E-state index < -0.39 is 18.1 Å². The van der Waals surface area contributed by atoms with Gasteiger partial charge in [-0.3, -0.25) is 0 Å². The Balaban J connectivity index is 1.28. The Morgan fingerprint density at radius 1 is 1.00 bits per heavy atom. The Morgan fingerprint density at radius 2 is 1.66 bits per heavy atom. The lowest BCUT2D eigenvalue weighted by Gasteiger charge is -2.17. The number of carbonyl (C=O) groups excluding carboxylic acids is 1. The van der Waals surface area contributed by atoms with Crippen molar-refractivity contribution in [1.29, 1.82) is 0 Å². The molecule has 1 aliphatic carbocycles. The van der Waals surface area contributed by atoms with E-state index in [4.69, 9.17) is 4.74 Å². The van der Waals surface area contributed by atoms with E-state index in [1.54, 1.807) is 16.9 Å². The molecular weight excluding hydrogens is 406 g/mol. The van der Waals surface area contributed by atoms with Crippen LogP contribution in [0.1, 0.15) is 22.6 Å². The van der Waals surface area contributed by atoms with Gasteiger partial charge in [-0.15, -0.1) is 0 Å². The van der Waals surface area contributed by atoms with Crippen LogP contribution in [0, 0.1) is 0 Å². The summed E-state index contributed by atoms with van der Waals surface area (Å²) in [7, 11) is 0. The summed E-state index contributed by atoms with van der Waals surface area (Å²) in [5.41, 5.74) is 6.00. The van der Waals surface area contributed by atoms with Crippen molar-refractivity contribution in [2.75, 3.05) is 6.61 Å². The molecular formula is C25H21N3O4. The molecule has 0 saturated heterocycles. The van der Waals surface area contributed by atoms with Crippen molar-refractivity contribution in [3.63, 3.8) is 0 Å². The summed E-state index contributed by atoms with van der Waals surface area (Å²) < 4.78 is 7.16. The molecule has 0 radical (unpaired) electrons. The molecule has 7 nitrogen and oxygen atoms in total. The Bertz CT molecular complexity index is 1270. The highest BCUT2D eigenvalue weighted by molar-refractivity contribution is 5.81. The zero-order valence-corrected chi connectivity index (χ0v) is 17.1. The minimum atomic E-state index is -1.13. The lowest BCUT2D eigenvalue weighted by atomic mass is 9.98.